The third-order valence-electron chi connectivity index (χ3n) is 2.33. The van der Waals surface area contributed by atoms with Crippen molar-refractivity contribution in [3.8, 4) is 0 Å². The summed E-state index contributed by atoms with van der Waals surface area (Å²) in [6.45, 7) is 0. The van der Waals surface area contributed by atoms with Gasteiger partial charge in [0, 0.05) is 4.88 Å². The molecule has 0 amide bonds. The van der Waals surface area contributed by atoms with Crippen LogP contribution < -0.4 is 5.73 Å². The fraction of sp³-hybridized carbons (Fsp3) is 0.400. The summed E-state index contributed by atoms with van der Waals surface area (Å²) in [5, 5.41) is 2.09. The van der Waals surface area contributed by atoms with Crippen molar-refractivity contribution in [2.45, 2.75) is 25.3 Å². The van der Waals surface area contributed by atoms with Gasteiger partial charge in [0.1, 0.15) is 0 Å². The van der Waals surface area contributed by atoms with E-state index in [4.69, 9.17) is 5.73 Å². The van der Waals surface area contributed by atoms with Crippen molar-refractivity contribution in [2.75, 3.05) is 0 Å². The minimum Gasteiger partial charge on any atom is -0.320 e. The zero-order valence-electron chi connectivity index (χ0n) is 6.99. The highest BCUT2D eigenvalue weighted by Gasteiger charge is 2.14. The lowest BCUT2D eigenvalue weighted by atomic mass is 10.1. The lowest BCUT2D eigenvalue weighted by Gasteiger charge is -2.09. The Kier molecular flexibility index (Phi) is 2.28. The van der Waals surface area contributed by atoms with E-state index in [0.717, 1.165) is 0 Å². The molecule has 1 aliphatic carbocycles. The molecule has 0 saturated heterocycles. The van der Waals surface area contributed by atoms with E-state index in [1.54, 1.807) is 11.3 Å². The van der Waals surface area contributed by atoms with Gasteiger partial charge in [-0.15, -0.1) is 11.3 Å². The molecule has 1 nitrogen and oxygen atoms in total. The van der Waals surface area contributed by atoms with Crippen LogP contribution in [0.25, 0.3) is 0 Å². The monoisotopic (exact) mass is 179 g/mol. The van der Waals surface area contributed by atoms with Gasteiger partial charge >= 0.3 is 0 Å². The van der Waals surface area contributed by atoms with Gasteiger partial charge in [0.2, 0.25) is 0 Å². The molecule has 12 heavy (non-hydrogen) atoms. The van der Waals surface area contributed by atoms with Gasteiger partial charge in [0.05, 0.1) is 6.04 Å². The van der Waals surface area contributed by atoms with Gasteiger partial charge in [0.25, 0.3) is 0 Å². The minimum atomic E-state index is 0.174. The third kappa shape index (κ3) is 1.45. The van der Waals surface area contributed by atoms with E-state index < -0.39 is 0 Å². The van der Waals surface area contributed by atoms with Crippen molar-refractivity contribution < 1.29 is 0 Å². The molecule has 0 bridgehead atoms. The molecular weight excluding hydrogens is 166 g/mol. The second-order valence-electron chi connectivity index (χ2n) is 3.16. The van der Waals surface area contributed by atoms with E-state index in [1.807, 2.05) is 0 Å². The van der Waals surface area contributed by atoms with Crippen LogP contribution in [0.3, 0.4) is 0 Å². The van der Waals surface area contributed by atoms with Crippen LogP contribution in [0.2, 0.25) is 0 Å². The first kappa shape index (κ1) is 8.02. The Labute approximate surface area is 76.9 Å². The highest BCUT2D eigenvalue weighted by atomic mass is 32.1. The van der Waals surface area contributed by atoms with E-state index in [-0.39, 0.29) is 6.04 Å². The summed E-state index contributed by atoms with van der Waals surface area (Å²) in [6, 6.07) is 4.36. The largest absolute Gasteiger partial charge is 0.320 e. The van der Waals surface area contributed by atoms with Gasteiger partial charge in [-0.25, -0.2) is 0 Å². The maximum Gasteiger partial charge on any atom is 0.0605 e. The molecule has 0 saturated carbocycles. The van der Waals surface area contributed by atoms with Crippen molar-refractivity contribution in [1.82, 2.24) is 0 Å². The Hall–Kier alpha value is -0.600. The van der Waals surface area contributed by atoms with Gasteiger partial charge in [-0.1, -0.05) is 17.7 Å². The average molecular weight is 179 g/mol. The molecule has 64 valence electrons. The Morgan fingerprint density at radius 2 is 2.42 bits per heavy atom. The van der Waals surface area contributed by atoms with Crippen molar-refractivity contribution in [2.24, 2.45) is 5.73 Å². The molecule has 1 unspecified atom stereocenters. The highest BCUT2D eigenvalue weighted by molar-refractivity contribution is 7.10. The molecule has 1 atom stereocenters. The number of nitrogens with two attached hydrogens (primary N) is 1. The van der Waals surface area contributed by atoms with E-state index in [0.29, 0.717) is 0 Å². The third-order valence-corrected chi connectivity index (χ3v) is 3.28. The fourth-order valence-electron chi connectivity index (χ4n) is 1.63. The summed E-state index contributed by atoms with van der Waals surface area (Å²) in [5.74, 6) is 0. The molecular formula is C10H13NS. The summed E-state index contributed by atoms with van der Waals surface area (Å²) in [4.78, 5) is 1.29. The van der Waals surface area contributed by atoms with Gasteiger partial charge in [-0.2, -0.15) is 0 Å². The highest BCUT2D eigenvalue weighted by Crippen LogP contribution is 2.30. The topological polar surface area (TPSA) is 26.0 Å². The molecule has 0 aromatic carbocycles. The maximum absolute atomic E-state index is 6.09. The fourth-order valence-corrected chi connectivity index (χ4v) is 2.40. The smallest absolute Gasteiger partial charge is 0.0605 e. The lowest BCUT2D eigenvalue weighted by molar-refractivity contribution is 0.796. The second kappa shape index (κ2) is 3.42. The first-order chi connectivity index (χ1) is 5.88. The summed E-state index contributed by atoms with van der Waals surface area (Å²) in [6.07, 6.45) is 5.99. The van der Waals surface area contributed by atoms with Crippen LogP contribution in [0.15, 0.2) is 29.2 Å². The van der Waals surface area contributed by atoms with Crippen LogP contribution in [0, 0.1) is 0 Å². The molecule has 1 heterocycles. The molecule has 2 heteroatoms. The molecule has 0 spiro atoms. The summed E-state index contributed by atoms with van der Waals surface area (Å²) >= 11 is 1.75. The molecule has 1 aliphatic rings. The number of hydrogen-bond acceptors (Lipinski definition) is 2. The maximum atomic E-state index is 6.09. The van der Waals surface area contributed by atoms with Crippen LogP contribution in [0.4, 0.5) is 0 Å². The SMILES string of the molecule is NC(C1=CCCC1)c1cccs1. The Morgan fingerprint density at radius 1 is 1.50 bits per heavy atom. The van der Waals surface area contributed by atoms with Crippen LogP contribution in [0.1, 0.15) is 30.2 Å². The van der Waals surface area contributed by atoms with E-state index in [1.165, 1.54) is 29.7 Å². The predicted octanol–water partition coefficient (Wildman–Crippen LogP) is 2.86. The first-order valence-corrected chi connectivity index (χ1v) is 5.24. The quantitative estimate of drug-likeness (QED) is 0.694. The Balaban J connectivity index is 2.14. The zero-order valence-corrected chi connectivity index (χ0v) is 7.81. The van der Waals surface area contributed by atoms with Gasteiger partial charge in [-0.05, 0) is 30.7 Å². The summed E-state index contributed by atoms with van der Waals surface area (Å²) in [7, 11) is 0. The van der Waals surface area contributed by atoms with Crippen molar-refractivity contribution in [1.29, 1.82) is 0 Å². The minimum absolute atomic E-state index is 0.174. The van der Waals surface area contributed by atoms with Crippen molar-refractivity contribution in [3.63, 3.8) is 0 Å². The summed E-state index contributed by atoms with van der Waals surface area (Å²) < 4.78 is 0. The van der Waals surface area contributed by atoms with Gasteiger partial charge in [-0.3, -0.25) is 0 Å². The van der Waals surface area contributed by atoms with Gasteiger partial charge < -0.3 is 5.73 Å². The molecule has 0 radical (unpaired) electrons. The molecule has 0 aliphatic heterocycles. The molecule has 2 N–H and O–H groups in total. The molecule has 2 rings (SSSR count). The zero-order chi connectivity index (χ0) is 8.39. The van der Waals surface area contributed by atoms with E-state index in [9.17, 15) is 0 Å². The number of thiophene rings is 1. The molecule has 0 fully saturated rings. The predicted molar refractivity (Wildman–Crippen MR) is 53.2 cm³/mol. The van der Waals surface area contributed by atoms with Crippen LogP contribution in [-0.2, 0) is 0 Å². The normalized spacial score (nSPS) is 19.2. The number of rotatable bonds is 2. The number of hydrogen-bond donors (Lipinski definition) is 1. The lowest BCUT2D eigenvalue weighted by Crippen LogP contribution is -2.10. The standard InChI is InChI=1S/C10H13NS/c11-10(8-4-1-2-5-8)9-6-3-7-12-9/h3-4,6-7,10H,1-2,5,11H2. The van der Waals surface area contributed by atoms with Crippen LogP contribution in [-0.4, -0.2) is 0 Å². The Morgan fingerprint density at radius 3 is 3.00 bits per heavy atom. The Bertz CT molecular complexity index is 274. The van der Waals surface area contributed by atoms with Gasteiger partial charge in [0.15, 0.2) is 0 Å². The molecule has 1 aromatic heterocycles. The summed E-state index contributed by atoms with van der Waals surface area (Å²) in [5.41, 5.74) is 7.52. The first-order valence-electron chi connectivity index (χ1n) is 4.36. The number of allylic oxidation sites excluding steroid dienone is 1. The van der Waals surface area contributed by atoms with Crippen LogP contribution in [0.5, 0.6) is 0 Å². The van der Waals surface area contributed by atoms with E-state index >= 15 is 0 Å². The van der Waals surface area contributed by atoms with Crippen molar-refractivity contribution >= 4 is 11.3 Å². The second-order valence-corrected chi connectivity index (χ2v) is 4.14. The van der Waals surface area contributed by atoms with E-state index in [2.05, 4.69) is 23.6 Å². The van der Waals surface area contributed by atoms with Crippen molar-refractivity contribution in [3.05, 3.63) is 34.0 Å². The molecule has 1 aromatic rings. The average Bonchev–Trinajstić information content (AvgIpc) is 2.77. The van der Waals surface area contributed by atoms with Crippen LogP contribution >= 0.6 is 11.3 Å².